The van der Waals surface area contributed by atoms with Crippen molar-refractivity contribution in [2.45, 2.75) is 16.7 Å². The number of anilines is 1. The molecule has 3 N–H and O–H groups in total. The zero-order valence-corrected chi connectivity index (χ0v) is 12.7. The molecular formula is C13H13ClN2O4S. The normalized spacial score (nSPS) is 11.3. The van der Waals surface area contributed by atoms with E-state index in [-0.39, 0.29) is 32.7 Å². The van der Waals surface area contributed by atoms with Gasteiger partial charge in [-0.05, 0) is 25.1 Å². The molecule has 1 heterocycles. The molecule has 2 aromatic rings. The van der Waals surface area contributed by atoms with Crippen molar-refractivity contribution in [2.24, 2.45) is 0 Å². The number of ether oxygens (including phenoxy) is 1. The van der Waals surface area contributed by atoms with Crippen LogP contribution in [0.15, 0.2) is 40.4 Å². The van der Waals surface area contributed by atoms with Crippen molar-refractivity contribution in [1.82, 2.24) is 4.98 Å². The van der Waals surface area contributed by atoms with Gasteiger partial charge >= 0.3 is 5.97 Å². The van der Waals surface area contributed by atoms with Crippen LogP contribution in [0, 0.1) is 0 Å². The van der Waals surface area contributed by atoms with E-state index in [1.807, 2.05) is 0 Å². The fraction of sp³-hybridized carbons (Fsp3) is 0.154. The Morgan fingerprint density at radius 2 is 2.05 bits per heavy atom. The van der Waals surface area contributed by atoms with E-state index >= 15 is 0 Å². The van der Waals surface area contributed by atoms with Crippen LogP contribution in [-0.4, -0.2) is 26.0 Å². The van der Waals surface area contributed by atoms with Gasteiger partial charge in [0.05, 0.1) is 22.8 Å². The highest BCUT2D eigenvalue weighted by molar-refractivity contribution is 7.91. The summed E-state index contributed by atoms with van der Waals surface area (Å²) < 4.78 is 30.1. The van der Waals surface area contributed by atoms with Crippen LogP contribution < -0.4 is 5.73 Å². The van der Waals surface area contributed by atoms with E-state index in [4.69, 9.17) is 22.1 Å². The number of rotatable bonds is 4. The summed E-state index contributed by atoms with van der Waals surface area (Å²) in [5.41, 5.74) is 5.68. The highest BCUT2D eigenvalue weighted by Crippen LogP contribution is 2.30. The Kier molecular flexibility index (Phi) is 4.24. The first kappa shape index (κ1) is 15.4. The molecule has 0 aliphatic rings. The average molecular weight is 329 g/mol. The Morgan fingerprint density at radius 1 is 1.33 bits per heavy atom. The molecule has 2 rings (SSSR count). The van der Waals surface area contributed by atoms with Gasteiger partial charge in [0.25, 0.3) is 0 Å². The number of H-pyrrole nitrogens is 1. The number of carbonyl (C=O) groups excluding carboxylic acids is 1. The van der Waals surface area contributed by atoms with Gasteiger partial charge in [0.15, 0.2) is 0 Å². The molecule has 1 aromatic heterocycles. The SMILES string of the molecule is CCOC(=O)c1c[nH]cc1S(=O)(=O)c1cc(Cl)ccc1N. The van der Waals surface area contributed by atoms with E-state index in [1.165, 1.54) is 30.6 Å². The average Bonchev–Trinajstić information content (AvgIpc) is 2.92. The molecule has 0 saturated carbocycles. The Hall–Kier alpha value is -1.99. The number of nitrogens with two attached hydrogens (primary N) is 1. The van der Waals surface area contributed by atoms with Crippen LogP contribution in [0.1, 0.15) is 17.3 Å². The number of carbonyl (C=O) groups is 1. The van der Waals surface area contributed by atoms with E-state index in [0.717, 1.165) is 0 Å². The van der Waals surface area contributed by atoms with Crippen LogP contribution in [0.5, 0.6) is 0 Å². The third kappa shape index (κ3) is 2.88. The molecule has 8 heteroatoms. The summed E-state index contributed by atoms with van der Waals surface area (Å²) in [6.45, 7) is 1.77. The molecule has 0 aliphatic heterocycles. The van der Waals surface area contributed by atoms with Gasteiger partial charge in [0.2, 0.25) is 9.84 Å². The lowest BCUT2D eigenvalue weighted by Crippen LogP contribution is -2.11. The highest BCUT2D eigenvalue weighted by Gasteiger charge is 2.28. The summed E-state index contributed by atoms with van der Waals surface area (Å²) >= 11 is 5.82. The van der Waals surface area contributed by atoms with E-state index in [1.54, 1.807) is 6.92 Å². The van der Waals surface area contributed by atoms with Gasteiger partial charge in [-0.25, -0.2) is 13.2 Å². The molecule has 21 heavy (non-hydrogen) atoms. The first-order chi connectivity index (χ1) is 9.87. The predicted molar refractivity (Wildman–Crippen MR) is 78.1 cm³/mol. The van der Waals surface area contributed by atoms with Gasteiger partial charge in [-0.2, -0.15) is 0 Å². The number of aromatic nitrogens is 1. The van der Waals surface area contributed by atoms with E-state index in [2.05, 4.69) is 4.98 Å². The number of sulfone groups is 1. The number of benzene rings is 1. The van der Waals surface area contributed by atoms with Crippen LogP contribution in [0.2, 0.25) is 5.02 Å². The Labute approximate surface area is 126 Å². The first-order valence-corrected chi connectivity index (χ1v) is 7.88. The number of hydrogen-bond donors (Lipinski definition) is 2. The predicted octanol–water partition coefficient (Wildman–Crippen LogP) is 2.26. The van der Waals surface area contributed by atoms with Crippen LogP contribution in [0.25, 0.3) is 0 Å². The third-order valence-electron chi connectivity index (χ3n) is 2.76. The minimum atomic E-state index is -3.98. The number of nitrogen functional groups attached to an aromatic ring is 1. The lowest BCUT2D eigenvalue weighted by molar-refractivity contribution is 0.0522. The molecule has 0 radical (unpaired) electrons. The maximum Gasteiger partial charge on any atom is 0.341 e. The van der Waals surface area contributed by atoms with Crippen molar-refractivity contribution >= 4 is 33.1 Å². The summed E-state index contributed by atoms with van der Waals surface area (Å²) in [4.78, 5) is 14.0. The first-order valence-electron chi connectivity index (χ1n) is 6.02. The van der Waals surface area contributed by atoms with Crippen molar-refractivity contribution in [3.8, 4) is 0 Å². The summed E-state index contributed by atoms with van der Waals surface area (Å²) in [5.74, 6) is -0.724. The largest absolute Gasteiger partial charge is 0.462 e. The van der Waals surface area contributed by atoms with E-state index < -0.39 is 15.8 Å². The molecule has 0 fully saturated rings. The topological polar surface area (TPSA) is 102 Å². The Bertz CT molecular complexity index is 783. The van der Waals surface area contributed by atoms with Gasteiger partial charge in [-0.15, -0.1) is 0 Å². The minimum Gasteiger partial charge on any atom is -0.462 e. The maximum atomic E-state index is 12.6. The molecule has 0 spiro atoms. The minimum absolute atomic E-state index is 0.0513. The third-order valence-corrected chi connectivity index (χ3v) is 4.84. The standard InChI is InChI=1S/C13H13ClN2O4S/c1-2-20-13(17)9-6-16-7-12(9)21(18,19)11-5-8(14)3-4-10(11)15/h3-7,16H,2,15H2,1H3. The number of nitrogens with one attached hydrogen (secondary N) is 1. The van der Waals surface area contributed by atoms with Crippen LogP contribution in [0.4, 0.5) is 5.69 Å². The second-order valence-electron chi connectivity index (χ2n) is 4.14. The van der Waals surface area contributed by atoms with Crippen LogP contribution in [-0.2, 0) is 14.6 Å². The van der Waals surface area contributed by atoms with Crippen molar-refractivity contribution in [2.75, 3.05) is 12.3 Å². The molecule has 0 unspecified atom stereocenters. The molecule has 0 saturated heterocycles. The number of hydrogen-bond acceptors (Lipinski definition) is 5. The summed E-state index contributed by atoms with van der Waals surface area (Å²) in [6.07, 6.45) is 2.48. The van der Waals surface area contributed by atoms with Gasteiger partial charge in [0.1, 0.15) is 4.90 Å². The Morgan fingerprint density at radius 3 is 2.71 bits per heavy atom. The van der Waals surface area contributed by atoms with Crippen molar-refractivity contribution in [3.05, 3.63) is 41.2 Å². The van der Waals surface area contributed by atoms with E-state index in [9.17, 15) is 13.2 Å². The zero-order chi connectivity index (χ0) is 15.6. The van der Waals surface area contributed by atoms with Crippen molar-refractivity contribution in [3.63, 3.8) is 0 Å². The fourth-order valence-corrected chi connectivity index (χ4v) is 3.59. The van der Waals surface area contributed by atoms with Gasteiger partial charge < -0.3 is 15.5 Å². The molecule has 0 aliphatic carbocycles. The van der Waals surface area contributed by atoms with E-state index in [0.29, 0.717) is 0 Å². The fourth-order valence-electron chi connectivity index (χ4n) is 1.80. The molecule has 0 amide bonds. The highest BCUT2D eigenvalue weighted by atomic mass is 35.5. The molecule has 6 nitrogen and oxygen atoms in total. The molecule has 1 aromatic carbocycles. The second kappa shape index (κ2) is 5.79. The zero-order valence-electron chi connectivity index (χ0n) is 11.1. The van der Waals surface area contributed by atoms with Gasteiger partial charge in [-0.3, -0.25) is 0 Å². The Balaban J connectivity index is 2.58. The van der Waals surface area contributed by atoms with Crippen LogP contribution >= 0.6 is 11.6 Å². The van der Waals surface area contributed by atoms with Crippen molar-refractivity contribution < 1.29 is 17.9 Å². The molecule has 0 atom stereocenters. The maximum absolute atomic E-state index is 12.6. The quantitative estimate of drug-likeness (QED) is 0.662. The number of halogens is 1. The summed E-state index contributed by atoms with van der Waals surface area (Å²) in [7, 11) is -3.98. The van der Waals surface area contributed by atoms with Crippen LogP contribution in [0.3, 0.4) is 0 Å². The smallest absolute Gasteiger partial charge is 0.341 e. The second-order valence-corrected chi connectivity index (χ2v) is 6.46. The summed E-state index contributed by atoms with van der Waals surface area (Å²) in [6, 6.07) is 4.12. The lowest BCUT2D eigenvalue weighted by Gasteiger charge is -2.08. The van der Waals surface area contributed by atoms with Crippen molar-refractivity contribution in [1.29, 1.82) is 0 Å². The lowest BCUT2D eigenvalue weighted by atomic mass is 10.3. The molecule has 112 valence electrons. The number of aromatic amines is 1. The number of esters is 1. The molecule has 0 bridgehead atoms. The van der Waals surface area contributed by atoms with Gasteiger partial charge in [-0.1, -0.05) is 11.6 Å². The monoisotopic (exact) mass is 328 g/mol. The van der Waals surface area contributed by atoms with Gasteiger partial charge in [0, 0.05) is 17.4 Å². The summed E-state index contributed by atoms with van der Waals surface area (Å²) in [5, 5.41) is 0.232. The molecular weight excluding hydrogens is 316 g/mol.